The molecular weight excluding hydrogens is 467 g/mol. The van der Waals surface area contributed by atoms with E-state index in [1.165, 1.54) is 5.56 Å². The zero-order valence-electron chi connectivity index (χ0n) is 17.3. The van der Waals surface area contributed by atoms with Gasteiger partial charge >= 0.3 is 0 Å². The van der Waals surface area contributed by atoms with Crippen LogP contribution in [0.4, 0.5) is 0 Å². The topological polar surface area (TPSA) is 67.8 Å². The van der Waals surface area contributed by atoms with E-state index >= 15 is 0 Å². The van der Waals surface area contributed by atoms with E-state index in [1.807, 2.05) is 39.0 Å². The molecule has 0 unspecified atom stereocenters. The number of methoxy groups -OCH3 is 1. The van der Waals surface area contributed by atoms with E-state index < -0.39 is 0 Å². The first-order valence-corrected chi connectivity index (χ1v) is 9.29. The van der Waals surface area contributed by atoms with E-state index in [4.69, 9.17) is 9.47 Å². The molecule has 0 bridgehead atoms. The lowest BCUT2D eigenvalue weighted by atomic mass is 10.1. The van der Waals surface area contributed by atoms with Crippen molar-refractivity contribution in [3.8, 4) is 11.6 Å². The Morgan fingerprint density at radius 1 is 1.18 bits per heavy atom. The predicted molar refractivity (Wildman–Crippen MR) is 125 cm³/mol. The number of aliphatic imine (C=N–C) groups is 1. The van der Waals surface area contributed by atoms with Crippen molar-refractivity contribution in [2.24, 2.45) is 4.99 Å². The number of rotatable bonds is 8. The molecule has 2 N–H and O–H groups in total. The number of aromatic nitrogens is 1. The average Bonchev–Trinajstić information content (AvgIpc) is 2.65. The number of guanidine groups is 1. The maximum atomic E-state index is 5.57. The van der Waals surface area contributed by atoms with Crippen LogP contribution in [0, 0.1) is 6.92 Å². The first-order valence-electron chi connectivity index (χ1n) is 9.29. The predicted octanol–water partition coefficient (Wildman–Crippen LogP) is 4.06. The number of nitrogens with one attached hydrogen (secondary N) is 2. The molecule has 0 aliphatic carbocycles. The number of aryl methyl sites for hydroxylation is 1. The van der Waals surface area contributed by atoms with Crippen LogP contribution in [0.15, 0.2) is 41.5 Å². The molecule has 0 saturated carbocycles. The lowest BCUT2D eigenvalue weighted by Gasteiger charge is -2.14. The fraction of sp³-hybridized carbons (Fsp3) is 0.429. The monoisotopic (exact) mass is 498 g/mol. The molecule has 6 nitrogen and oxygen atoms in total. The number of benzene rings is 1. The van der Waals surface area contributed by atoms with Gasteiger partial charge in [-0.3, -0.25) is 0 Å². The van der Waals surface area contributed by atoms with Crippen LogP contribution in [0.2, 0.25) is 0 Å². The Labute approximate surface area is 185 Å². The Kier molecular flexibility index (Phi) is 10.7. The summed E-state index contributed by atoms with van der Waals surface area (Å²) in [6, 6.07) is 10.1. The molecule has 0 aliphatic heterocycles. The van der Waals surface area contributed by atoms with E-state index in [1.54, 1.807) is 13.3 Å². The van der Waals surface area contributed by atoms with Crippen molar-refractivity contribution in [2.45, 2.75) is 46.9 Å². The summed E-state index contributed by atoms with van der Waals surface area (Å²) in [5, 5.41) is 6.62. The van der Waals surface area contributed by atoms with Crippen molar-refractivity contribution in [1.82, 2.24) is 15.6 Å². The molecular formula is C21H31IN4O2. The third kappa shape index (κ3) is 7.92. The Morgan fingerprint density at radius 2 is 1.96 bits per heavy atom. The van der Waals surface area contributed by atoms with Crippen LogP contribution in [0.25, 0.3) is 0 Å². The quantitative estimate of drug-likeness (QED) is 0.327. The van der Waals surface area contributed by atoms with Gasteiger partial charge < -0.3 is 20.1 Å². The number of hydrogen-bond acceptors (Lipinski definition) is 4. The highest BCUT2D eigenvalue weighted by Crippen LogP contribution is 2.19. The zero-order valence-corrected chi connectivity index (χ0v) is 19.6. The molecule has 0 saturated heterocycles. The molecule has 2 rings (SSSR count). The number of halogens is 1. The Morgan fingerprint density at radius 3 is 2.57 bits per heavy atom. The van der Waals surface area contributed by atoms with Gasteiger partial charge in [0.05, 0.1) is 19.8 Å². The van der Waals surface area contributed by atoms with Gasteiger partial charge in [-0.1, -0.05) is 18.2 Å². The van der Waals surface area contributed by atoms with Crippen molar-refractivity contribution in [3.63, 3.8) is 0 Å². The first kappa shape index (κ1) is 24.0. The molecule has 0 spiro atoms. The largest absolute Gasteiger partial charge is 0.496 e. The van der Waals surface area contributed by atoms with Crippen LogP contribution < -0.4 is 20.1 Å². The molecule has 0 amide bonds. The minimum atomic E-state index is 0. The SMILES string of the molecule is CCNC(=NCc1ccc(OC(C)C)nc1)NCc1ccc(C)cc1OC.I. The number of hydrogen-bond donors (Lipinski definition) is 2. The lowest BCUT2D eigenvalue weighted by Crippen LogP contribution is -2.36. The van der Waals surface area contributed by atoms with Gasteiger partial charge in [0.25, 0.3) is 0 Å². The fourth-order valence-electron chi connectivity index (χ4n) is 2.50. The van der Waals surface area contributed by atoms with Crippen molar-refractivity contribution in [3.05, 3.63) is 53.2 Å². The van der Waals surface area contributed by atoms with Crippen LogP contribution in [0.3, 0.4) is 0 Å². The van der Waals surface area contributed by atoms with Gasteiger partial charge in [0, 0.05) is 30.9 Å². The smallest absolute Gasteiger partial charge is 0.213 e. The molecule has 0 atom stereocenters. The average molecular weight is 498 g/mol. The third-order valence-electron chi connectivity index (χ3n) is 3.81. The second-order valence-corrected chi connectivity index (χ2v) is 6.54. The molecule has 28 heavy (non-hydrogen) atoms. The molecule has 1 heterocycles. The summed E-state index contributed by atoms with van der Waals surface area (Å²) in [6.45, 7) is 10.0. The molecule has 0 aliphatic rings. The fourth-order valence-corrected chi connectivity index (χ4v) is 2.50. The van der Waals surface area contributed by atoms with Crippen LogP contribution >= 0.6 is 24.0 Å². The van der Waals surface area contributed by atoms with Gasteiger partial charge in [-0.15, -0.1) is 24.0 Å². The molecule has 1 aromatic carbocycles. The van der Waals surface area contributed by atoms with Crippen molar-refractivity contribution >= 4 is 29.9 Å². The number of nitrogens with zero attached hydrogens (tertiary/aromatic N) is 2. The van der Waals surface area contributed by atoms with E-state index in [9.17, 15) is 0 Å². The minimum Gasteiger partial charge on any atom is -0.496 e. The second kappa shape index (κ2) is 12.4. The van der Waals surface area contributed by atoms with E-state index in [2.05, 4.69) is 39.7 Å². The Bertz CT molecular complexity index is 749. The molecule has 7 heteroatoms. The van der Waals surface area contributed by atoms with Gasteiger partial charge in [0.15, 0.2) is 5.96 Å². The lowest BCUT2D eigenvalue weighted by molar-refractivity contribution is 0.232. The maximum absolute atomic E-state index is 5.57. The standard InChI is InChI=1S/C21H30N4O2.HI/c1-6-22-21(25-14-18-9-7-16(4)11-19(18)26-5)24-13-17-8-10-20(23-12-17)27-15(2)3;/h7-12,15H,6,13-14H2,1-5H3,(H2,22,24,25);1H. The van der Waals surface area contributed by atoms with E-state index in [0.29, 0.717) is 19.0 Å². The molecule has 2 aromatic rings. The Balaban J connectivity index is 0.00000392. The van der Waals surface area contributed by atoms with Crippen molar-refractivity contribution in [1.29, 1.82) is 0 Å². The first-order chi connectivity index (χ1) is 13.0. The van der Waals surface area contributed by atoms with Gasteiger partial charge in [0.1, 0.15) is 5.75 Å². The summed E-state index contributed by atoms with van der Waals surface area (Å²) >= 11 is 0. The van der Waals surface area contributed by atoms with Gasteiger partial charge in [-0.05, 0) is 44.9 Å². The van der Waals surface area contributed by atoms with Crippen LogP contribution in [0.5, 0.6) is 11.6 Å². The Hall–Kier alpha value is -2.03. The summed E-state index contributed by atoms with van der Waals surface area (Å²) in [5.74, 6) is 2.26. The summed E-state index contributed by atoms with van der Waals surface area (Å²) < 4.78 is 11.0. The maximum Gasteiger partial charge on any atom is 0.213 e. The summed E-state index contributed by atoms with van der Waals surface area (Å²) in [6.07, 6.45) is 1.91. The zero-order chi connectivity index (χ0) is 19.6. The summed E-state index contributed by atoms with van der Waals surface area (Å²) in [5.41, 5.74) is 3.29. The second-order valence-electron chi connectivity index (χ2n) is 6.54. The van der Waals surface area contributed by atoms with E-state index in [0.717, 1.165) is 29.4 Å². The minimum absolute atomic E-state index is 0. The van der Waals surface area contributed by atoms with Gasteiger partial charge in [0.2, 0.25) is 5.88 Å². The molecule has 0 radical (unpaired) electrons. The number of ether oxygens (including phenoxy) is 2. The summed E-state index contributed by atoms with van der Waals surface area (Å²) in [4.78, 5) is 8.95. The summed E-state index contributed by atoms with van der Waals surface area (Å²) in [7, 11) is 1.69. The molecule has 154 valence electrons. The normalized spacial score (nSPS) is 11.0. The highest BCUT2D eigenvalue weighted by Gasteiger charge is 2.05. The number of pyridine rings is 1. The third-order valence-corrected chi connectivity index (χ3v) is 3.81. The molecule has 1 aromatic heterocycles. The highest BCUT2D eigenvalue weighted by molar-refractivity contribution is 14.0. The van der Waals surface area contributed by atoms with E-state index in [-0.39, 0.29) is 30.1 Å². The van der Waals surface area contributed by atoms with Crippen molar-refractivity contribution < 1.29 is 9.47 Å². The van der Waals surface area contributed by atoms with Gasteiger partial charge in [-0.2, -0.15) is 0 Å². The van der Waals surface area contributed by atoms with Gasteiger partial charge in [-0.25, -0.2) is 9.98 Å². The van der Waals surface area contributed by atoms with Crippen LogP contribution in [-0.4, -0.2) is 30.7 Å². The van der Waals surface area contributed by atoms with Crippen molar-refractivity contribution in [2.75, 3.05) is 13.7 Å². The van der Waals surface area contributed by atoms with Crippen LogP contribution in [0.1, 0.15) is 37.5 Å². The highest BCUT2D eigenvalue weighted by atomic mass is 127. The van der Waals surface area contributed by atoms with Crippen LogP contribution in [-0.2, 0) is 13.1 Å². The molecule has 0 fully saturated rings.